The number of aryl methyl sites for hydroxylation is 1. The highest BCUT2D eigenvalue weighted by Crippen LogP contribution is 2.22. The molecule has 2 heterocycles. The molecule has 0 saturated heterocycles. The largest absolute Gasteiger partial charge is 0.370 e. The van der Waals surface area contributed by atoms with E-state index in [9.17, 15) is 0 Å². The van der Waals surface area contributed by atoms with Gasteiger partial charge in [-0.1, -0.05) is 5.21 Å². The van der Waals surface area contributed by atoms with Crippen molar-refractivity contribution < 1.29 is 0 Å². The molecule has 1 atom stereocenters. The van der Waals surface area contributed by atoms with Crippen molar-refractivity contribution in [2.75, 3.05) is 13.1 Å². The minimum atomic E-state index is 0.161. The zero-order chi connectivity index (χ0) is 10.1. The third-order valence-electron chi connectivity index (χ3n) is 2.40. The van der Waals surface area contributed by atoms with Crippen molar-refractivity contribution in [2.24, 2.45) is 17.8 Å². The van der Waals surface area contributed by atoms with Crippen LogP contribution >= 0.6 is 0 Å². The minimum absolute atomic E-state index is 0.161. The van der Waals surface area contributed by atoms with Crippen LogP contribution in [-0.2, 0) is 7.05 Å². The summed E-state index contributed by atoms with van der Waals surface area (Å²) in [5, 5.41) is 7.98. The van der Waals surface area contributed by atoms with E-state index < -0.39 is 0 Å². The summed E-state index contributed by atoms with van der Waals surface area (Å²) in [6.45, 7) is 3.58. The Morgan fingerprint density at radius 3 is 3.00 bits per heavy atom. The molecule has 0 bridgehead atoms. The number of aliphatic imine (C=N–C) groups is 1. The topological polar surface area (TPSA) is 72.3 Å². The molecule has 0 aliphatic carbocycles. The molecule has 76 valence electrons. The number of hydrogen-bond donors (Lipinski definition) is 1. The van der Waals surface area contributed by atoms with Crippen molar-refractivity contribution in [1.82, 2.24) is 19.9 Å². The second-order valence-electron chi connectivity index (χ2n) is 3.32. The smallest absolute Gasteiger partial charge is 0.191 e. The maximum absolute atomic E-state index is 5.74. The Morgan fingerprint density at radius 2 is 2.43 bits per heavy atom. The maximum Gasteiger partial charge on any atom is 0.191 e. The number of guanidine groups is 1. The van der Waals surface area contributed by atoms with Gasteiger partial charge in [0.2, 0.25) is 0 Å². The SMILES string of the molecule is CCN1C(N)=NCC1c1cn(C)nn1. The molecular weight excluding hydrogens is 180 g/mol. The summed E-state index contributed by atoms with van der Waals surface area (Å²) in [4.78, 5) is 6.23. The first kappa shape index (κ1) is 8.98. The van der Waals surface area contributed by atoms with E-state index in [-0.39, 0.29) is 6.04 Å². The predicted molar refractivity (Wildman–Crippen MR) is 52.6 cm³/mol. The summed E-state index contributed by atoms with van der Waals surface area (Å²) >= 11 is 0. The van der Waals surface area contributed by atoms with Gasteiger partial charge in [0, 0.05) is 13.6 Å². The lowest BCUT2D eigenvalue weighted by molar-refractivity contribution is 0.357. The van der Waals surface area contributed by atoms with E-state index in [4.69, 9.17) is 5.73 Å². The Labute approximate surface area is 82.4 Å². The lowest BCUT2D eigenvalue weighted by Crippen LogP contribution is -2.35. The summed E-state index contributed by atoms with van der Waals surface area (Å²) in [6, 6.07) is 0.161. The van der Waals surface area contributed by atoms with Crippen molar-refractivity contribution in [3.8, 4) is 0 Å². The van der Waals surface area contributed by atoms with Crippen LogP contribution in [0.1, 0.15) is 18.7 Å². The first-order valence-electron chi connectivity index (χ1n) is 4.65. The molecule has 1 aliphatic rings. The standard InChI is InChI=1S/C8H14N6/c1-3-14-7(4-10-8(14)9)6-5-13(2)12-11-6/h5,7H,3-4H2,1-2H3,(H2,9,10). The molecule has 1 aliphatic heterocycles. The van der Waals surface area contributed by atoms with Crippen LogP contribution < -0.4 is 5.73 Å². The van der Waals surface area contributed by atoms with Gasteiger partial charge in [-0.15, -0.1) is 5.10 Å². The van der Waals surface area contributed by atoms with Gasteiger partial charge < -0.3 is 10.6 Å². The van der Waals surface area contributed by atoms with Crippen molar-refractivity contribution in [3.05, 3.63) is 11.9 Å². The monoisotopic (exact) mass is 194 g/mol. The van der Waals surface area contributed by atoms with Crippen LogP contribution in [0.3, 0.4) is 0 Å². The van der Waals surface area contributed by atoms with E-state index in [1.807, 2.05) is 18.1 Å². The van der Waals surface area contributed by atoms with Gasteiger partial charge in [-0.25, -0.2) is 0 Å². The quantitative estimate of drug-likeness (QED) is 0.689. The molecule has 0 amide bonds. The van der Waals surface area contributed by atoms with Crippen LogP contribution in [0.5, 0.6) is 0 Å². The molecule has 6 nitrogen and oxygen atoms in total. The fourth-order valence-corrected chi connectivity index (χ4v) is 1.68. The van der Waals surface area contributed by atoms with Gasteiger partial charge >= 0.3 is 0 Å². The Bertz CT molecular complexity index is 354. The third-order valence-corrected chi connectivity index (χ3v) is 2.40. The number of nitrogens with two attached hydrogens (primary N) is 1. The molecule has 0 radical (unpaired) electrons. The normalized spacial score (nSPS) is 21.4. The molecule has 0 spiro atoms. The summed E-state index contributed by atoms with van der Waals surface area (Å²) < 4.78 is 1.69. The van der Waals surface area contributed by atoms with Gasteiger partial charge in [0.05, 0.1) is 18.8 Å². The molecule has 2 N–H and O–H groups in total. The number of hydrogen-bond acceptors (Lipinski definition) is 5. The third kappa shape index (κ3) is 1.32. The highest BCUT2D eigenvalue weighted by Gasteiger charge is 2.27. The molecule has 1 aromatic heterocycles. The van der Waals surface area contributed by atoms with Crippen molar-refractivity contribution in [1.29, 1.82) is 0 Å². The number of likely N-dealkylation sites (N-methyl/N-ethyl adjacent to an activating group) is 1. The Hall–Kier alpha value is -1.59. The van der Waals surface area contributed by atoms with Crippen LogP contribution in [0.25, 0.3) is 0 Å². The molecule has 1 unspecified atom stereocenters. The Kier molecular flexibility index (Phi) is 2.11. The number of nitrogens with zero attached hydrogens (tertiary/aromatic N) is 5. The molecule has 2 rings (SSSR count). The van der Waals surface area contributed by atoms with Crippen molar-refractivity contribution in [2.45, 2.75) is 13.0 Å². The molecule has 0 saturated carbocycles. The van der Waals surface area contributed by atoms with Crippen LogP contribution in [-0.4, -0.2) is 38.9 Å². The van der Waals surface area contributed by atoms with Crippen molar-refractivity contribution >= 4 is 5.96 Å². The Morgan fingerprint density at radius 1 is 1.64 bits per heavy atom. The second kappa shape index (κ2) is 3.28. The van der Waals surface area contributed by atoms with Crippen molar-refractivity contribution in [3.63, 3.8) is 0 Å². The molecule has 0 fully saturated rings. The highest BCUT2D eigenvalue weighted by molar-refractivity contribution is 5.80. The van der Waals surface area contributed by atoms with E-state index in [0.29, 0.717) is 12.5 Å². The predicted octanol–water partition coefficient (Wildman–Crippen LogP) is -0.494. The van der Waals surface area contributed by atoms with Gasteiger partial charge in [-0.05, 0) is 6.92 Å². The minimum Gasteiger partial charge on any atom is -0.370 e. The fraction of sp³-hybridized carbons (Fsp3) is 0.625. The molecule has 0 aromatic carbocycles. The lowest BCUT2D eigenvalue weighted by Gasteiger charge is -2.22. The maximum atomic E-state index is 5.74. The summed E-state index contributed by atoms with van der Waals surface area (Å²) in [5.41, 5.74) is 6.67. The van der Waals surface area contributed by atoms with Gasteiger partial charge in [0.25, 0.3) is 0 Å². The average Bonchev–Trinajstić information content (AvgIpc) is 2.71. The second-order valence-corrected chi connectivity index (χ2v) is 3.32. The van der Waals surface area contributed by atoms with Gasteiger partial charge in [-0.2, -0.15) is 0 Å². The number of rotatable bonds is 2. The van der Waals surface area contributed by atoms with Crippen LogP contribution in [0.15, 0.2) is 11.2 Å². The van der Waals surface area contributed by atoms with Gasteiger partial charge in [-0.3, -0.25) is 9.67 Å². The molecular formula is C8H14N6. The van der Waals surface area contributed by atoms with Gasteiger partial charge in [0.15, 0.2) is 5.96 Å². The molecule has 6 heteroatoms. The van der Waals surface area contributed by atoms with Gasteiger partial charge in [0.1, 0.15) is 5.69 Å². The summed E-state index contributed by atoms with van der Waals surface area (Å²) in [6.07, 6.45) is 1.90. The molecule has 1 aromatic rings. The first-order valence-corrected chi connectivity index (χ1v) is 4.65. The van der Waals surface area contributed by atoms with Crippen LogP contribution in [0.4, 0.5) is 0 Å². The number of aromatic nitrogens is 3. The average molecular weight is 194 g/mol. The van der Waals surface area contributed by atoms with E-state index >= 15 is 0 Å². The Balaban J connectivity index is 2.21. The van der Waals surface area contributed by atoms with E-state index in [2.05, 4.69) is 22.2 Å². The van der Waals surface area contributed by atoms with Crippen LogP contribution in [0, 0.1) is 0 Å². The van der Waals surface area contributed by atoms with E-state index in [0.717, 1.165) is 12.2 Å². The zero-order valence-corrected chi connectivity index (χ0v) is 8.38. The highest BCUT2D eigenvalue weighted by atomic mass is 15.4. The van der Waals surface area contributed by atoms with E-state index in [1.54, 1.807) is 4.68 Å². The van der Waals surface area contributed by atoms with E-state index in [1.165, 1.54) is 0 Å². The molecule has 14 heavy (non-hydrogen) atoms. The fourth-order valence-electron chi connectivity index (χ4n) is 1.68. The first-order chi connectivity index (χ1) is 6.72. The van der Waals surface area contributed by atoms with Crippen LogP contribution in [0.2, 0.25) is 0 Å². The zero-order valence-electron chi connectivity index (χ0n) is 8.38. The lowest BCUT2D eigenvalue weighted by atomic mass is 10.2. The summed E-state index contributed by atoms with van der Waals surface area (Å²) in [7, 11) is 1.85. The summed E-state index contributed by atoms with van der Waals surface area (Å²) in [5.74, 6) is 0.600.